The lowest BCUT2D eigenvalue weighted by Gasteiger charge is -2.12. The molecule has 0 radical (unpaired) electrons. The van der Waals surface area contributed by atoms with Crippen molar-refractivity contribution in [1.29, 1.82) is 0 Å². The number of hydrogen-bond acceptors (Lipinski definition) is 4. The molecule has 1 aromatic rings. The summed E-state index contributed by atoms with van der Waals surface area (Å²) in [6.07, 6.45) is 5.82. The van der Waals surface area contributed by atoms with Gasteiger partial charge >= 0.3 is 5.97 Å². The normalized spacial score (nSPS) is 12.3. The molecule has 5 nitrogen and oxygen atoms in total. The van der Waals surface area contributed by atoms with Crippen molar-refractivity contribution in [3.63, 3.8) is 0 Å². The molecule has 0 fully saturated rings. The van der Waals surface area contributed by atoms with Gasteiger partial charge in [-0.15, -0.1) is 0 Å². The second-order valence-electron chi connectivity index (χ2n) is 3.58. The minimum absolute atomic E-state index is 0.390. The van der Waals surface area contributed by atoms with Gasteiger partial charge in [-0.3, -0.25) is 10.1 Å². The zero-order chi connectivity index (χ0) is 11.8. The zero-order valence-corrected chi connectivity index (χ0v) is 9.39. The summed E-state index contributed by atoms with van der Waals surface area (Å²) in [5.74, 6) is -0.199. The smallest absolute Gasteiger partial charge is 0.320 e. The van der Waals surface area contributed by atoms with E-state index in [1.54, 1.807) is 18.5 Å². The molecule has 0 saturated carbocycles. The highest BCUT2D eigenvalue weighted by molar-refractivity contribution is 5.73. The Hall–Kier alpha value is -1.49. The first kappa shape index (κ1) is 12.6. The van der Waals surface area contributed by atoms with Crippen molar-refractivity contribution in [2.75, 3.05) is 0 Å². The minimum atomic E-state index is -0.815. The fourth-order valence-corrected chi connectivity index (χ4v) is 1.36. The standard InChI is InChI=1S/C11H17N3O2/c1-2-3-5-9(11(15)16)14-8-10-12-6-4-7-13-10/h4,6-7,9,14H,2-3,5,8H2,1H3,(H,15,16). The van der Waals surface area contributed by atoms with E-state index in [1.165, 1.54) is 0 Å². The molecule has 1 aromatic heterocycles. The van der Waals surface area contributed by atoms with Crippen molar-refractivity contribution in [2.24, 2.45) is 0 Å². The van der Waals surface area contributed by atoms with Crippen LogP contribution in [0.5, 0.6) is 0 Å². The Labute approximate surface area is 94.9 Å². The first-order chi connectivity index (χ1) is 7.74. The maximum atomic E-state index is 10.9. The van der Waals surface area contributed by atoms with Crippen molar-refractivity contribution in [1.82, 2.24) is 15.3 Å². The van der Waals surface area contributed by atoms with E-state index in [4.69, 9.17) is 5.11 Å². The van der Waals surface area contributed by atoms with Crippen LogP contribution in [0.15, 0.2) is 18.5 Å². The third kappa shape index (κ3) is 4.35. The number of carbonyl (C=O) groups is 1. The molecule has 2 N–H and O–H groups in total. The van der Waals surface area contributed by atoms with Crippen molar-refractivity contribution in [3.8, 4) is 0 Å². The van der Waals surface area contributed by atoms with E-state index in [2.05, 4.69) is 15.3 Å². The number of nitrogens with zero attached hydrogens (tertiary/aromatic N) is 2. The van der Waals surface area contributed by atoms with Gasteiger partial charge in [0.15, 0.2) is 0 Å². The van der Waals surface area contributed by atoms with Gasteiger partial charge in [0, 0.05) is 12.4 Å². The predicted octanol–water partition coefficient (Wildman–Crippen LogP) is 1.21. The quantitative estimate of drug-likeness (QED) is 0.726. The molecule has 1 heterocycles. The monoisotopic (exact) mass is 223 g/mol. The molecule has 16 heavy (non-hydrogen) atoms. The summed E-state index contributed by atoms with van der Waals surface area (Å²) in [5, 5.41) is 11.9. The third-order valence-electron chi connectivity index (χ3n) is 2.27. The Morgan fingerprint density at radius 2 is 2.19 bits per heavy atom. The van der Waals surface area contributed by atoms with Crippen LogP contribution in [0.2, 0.25) is 0 Å². The number of carboxylic acids is 1. The molecular weight excluding hydrogens is 206 g/mol. The van der Waals surface area contributed by atoms with Gasteiger partial charge < -0.3 is 5.11 Å². The molecule has 1 unspecified atom stereocenters. The first-order valence-corrected chi connectivity index (χ1v) is 5.46. The average molecular weight is 223 g/mol. The average Bonchev–Trinajstić information content (AvgIpc) is 2.30. The van der Waals surface area contributed by atoms with Gasteiger partial charge in [-0.2, -0.15) is 0 Å². The molecule has 88 valence electrons. The van der Waals surface area contributed by atoms with Crippen LogP contribution in [-0.2, 0) is 11.3 Å². The van der Waals surface area contributed by atoms with Crippen LogP contribution in [0, 0.1) is 0 Å². The molecule has 0 spiro atoms. The van der Waals surface area contributed by atoms with Gasteiger partial charge in [0.25, 0.3) is 0 Å². The van der Waals surface area contributed by atoms with E-state index in [-0.39, 0.29) is 0 Å². The van der Waals surface area contributed by atoms with Gasteiger partial charge in [-0.25, -0.2) is 9.97 Å². The second-order valence-corrected chi connectivity index (χ2v) is 3.58. The first-order valence-electron chi connectivity index (χ1n) is 5.46. The summed E-state index contributed by atoms with van der Waals surface area (Å²) in [5.41, 5.74) is 0. The summed E-state index contributed by atoms with van der Waals surface area (Å²) in [6.45, 7) is 2.43. The van der Waals surface area contributed by atoms with Crippen LogP contribution < -0.4 is 5.32 Å². The number of aromatic nitrogens is 2. The van der Waals surface area contributed by atoms with Gasteiger partial charge in [0.05, 0.1) is 6.54 Å². The highest BCUT2D eigenvalue weighted by atomic mass is 16.4. The fourth-order valence-electron chi connectivity index (χ4n) is 1.36. The highest BCUT2D eigenvalue weighted by Crippen LogP contribution is 2.01. The largest absolute Gasteiger partial charge is 0.480 e. The topological polar surface area (TPSA) is 75.1 Å². The Morgan fingerprint density at radius 3 is 2.75 bits per heavy atom. The molecule has 0 aliphatic rings. The minimum Gasteiger partial charge on any atom is -0.480 e. The lowest BCUT2D eigenvalue weighted by molar-refractivity contribution is -0.139. The third-order valence-corrected chi connectivity index (χ3v) is 2.27. The molecule has 1 atom stereocenters. The Morgan fingerprint density at radius 1 is 1.50 bits per heavy atom. The van der Waals surface area contributed by atoms with Crippen molar-refractivity contribution >= 4 is 5.97 Å². The number of nitrogens with one attached hydrogen (secondary N) is 1. The van der Waals surface area contributed by atoms with Crippen LogP contribution in [0.25, 0.3) is 0 Å². The Kier molecular flexibility index (Phi) is 5.42. The van der Waals surface area contributed by atoms with Crippen LogP contribution in [-0.4, -0.2) is 27.1 Å². The fraction of sp³-hybridized carbons (Fsp3) is 0.545. The molecule has 1 rings (SSSR count). The van der Waals surface area contributed by atoms with E-state index in [0.29, 0.717) is 18.8 Å². The van der Waals surface area contributed by atoms with E-state index in [1.807, 2.05) is 6.92 Å². The van der Waals surface area contributed by atoms with Crippen LogP contribution >= 0.6 is 0 Å². The number of hydrogen-bond donors (Lipinski definition) is 2. The van der Waals surface area contributed by atoms with E-state index < -0.39 is 12.0 Å². The lowest BCUT2D eigenvalue weighted by atomic mass is 10.1. The highest BCUT2D eigenvalue weighted by Gasteiger charge is 2.15. The molecule has 0 saturated heterocycles. The predicted molar refractivity (Wildman–Crippen MR) is 59.8 cm³/mol. The van der Waals surface area contributed by atoms with Crippen molar-refractivity contribution in [3.05, 3.63) is 24.3 Å². The summed E-state index contributed by atoms with van der Waals surface area (Å²) in [4.78, 5) is 19.0. The van der Waals surface area contributed by atoms with E-state index in [0.717, 1.165) is 12.8 Å². The van der Waals surface area contributed by atoms with Crippen molar-refractivity contribution < 1.29 is 9.90 Å². The van der Waals surface area contributed by atoms with Gasteiger partial charge in [-0.05, 0) is 12.5 Å². The SMILES string of the molecule is CCCCC(NCc1ncccn1)C(=O)O. The molecule has 5 heteroatoms. The zero-order valence-electron chi connectivity index (χ0n) is 9.39. The summed E-state index contributed by atoms with van der Waals surface area (Å²) >= 11 is 0. The number of rotatable bonds is 7. The Balaban J connectivity index is 2.41. The molecular formula is C11H17N3O2. The lowest BCUT2D eigenvalue weighted by Crippen LogP contribution is -2.36. The second kappa shape index (κ2) is 6.90. The summed E-state index contributed by atoms with van der Waals surface area (Å²) < 4.78 is 0. The van der Waals surface area contributed by atoms with Crippen LogP contribution in [0.4, 0.5) is 0 Å². The van der Waals surface area contributed by atoms with Gasteiger partial charge in [-0.1, -0.05) is 19.8 Å². The van der Waals surface area contributed by atoms with Crippen LogP contribution in [0.1, 0.15) is 32.0 Å². The maximum absolute atomic E-state index is 10.9. The van der Waals surface area contributed by atoms with Gasteiger partial charge in [0.1, 0.15) is 11.9 Å². The molecule has 0 aromatic carbocycles. The number of aliphatic carboxylic acids is 1. The van der Waals surface area contributed by atoms with E-state index >= 15 is 0 Å². The summed E-state index contributed by atoms with van der Waals surface area (Å²) in [6, 6.07) is 1.22. The molecule has 0 aliphatic heterocycles. The van der Waals surface area contributed by atoms with E-state index in [9.17, 15) is 4.79 Å². The Bertz CT molecular complexity index is 316. The number of unbranched alkanes of at least 4 members (excludes halogenated alkanes) is 1. The maximum Gasteiger partial charge on any atom is 0.320 e. The molecule has 0 aliphatic carbocycles. The molecule has 0 bridgehead atoms. The summed E-state index contributed by atoms with van der Waals surface area (Å²) in [7, 11) is 0. The molecule has 0 amide bonds. The number of carboxylic acid groups (broad SMARTS) is 1. The van der Waals surface area contributed by atoms with Gasteiger partial charge in [0.2, 0.25) is 0 Å². The van der Waals surface area contributed by atoms with Crippen molar-refractivity contribution in [2.45, 2.75) is 38.8 Å². The van der Waals surface area contributed by atoms with Crippen LogP contribution in [0.3, 0.4) is 0 Å².